The molecule has 0 spiro atoms. The van der Waals surface area contributed by atoms with Gasteiger partial charge in [0.1, 0.15) is 0 Å². The molecule has 0 aromatic carbocycles. The molecule has 0 aliphatic heterocycles. The van der Waals surface area contributed by atoms with Crippen LogP contribution in [0.5, 0.6) is 0 Å². The Morgan fingerprint density at radius 3 is 1.60 bits per heavy atom. The molecule has 5 heavy (non-hydrogen) atoms. The van der Waals surface area contributed by atoms with Crippen molar-refractivity contribution in [1.82, 2.24) is 5.32 Å². The average molecular weight is 64.7 g/mol. The largest absolute Gasteiger partial charge is 0.334 e. The highest BCUT2D eigenvalue weighted by Gasteiger charge is 1.63. The molecule has 0 heterocycles. The minimum absolute atomic E-state index is 0.469. The van der Waals surface area contributed by atoms with E-state index in [1.54, 1.807) is 0 Å². The van der Waals surface area contributed by atoms with Crippen LogP contribution < -0.4 is 5.32 Å². The zero-order valence-corrected chi connectivity index (χ0v) is 3.07. The van der Waals surface area contributed by atoms with Gasteiger partial charge in [0.25, 0.3) is 0 Å². The molecule has 0 bridgehead atoms. The highest BCUT2D eigenvalue weighted by atomic mass is 14.8. The molecular weight excluding hydrogens is 59.7 g/mol. The van der Waals surface area contributed by atoms with Crippen molar-refractivity contribution in [2.45, 2.75) is 0 Å². The first-order valence-corrected chi connectivity index (χ1v) is 1.52. The van der Waals surface area contributed by atoms with Crippen LogP contribution >= 0.6 is 0 Å². The molecule has 0 unspecified atom stereocenters. The van der Waals surface area contributed by atoms with E-state index >= 15 is 0 Å². The van der Waals surface area contributed by atoms with Crippen molar-refractivity contribution in [1.29, 1.82) is 0 Å². The molecule has 0 amide bonds. The highest BCUT2D eigenvalue weighted by Crippen LogP contribution is 1.35. The van der Waals surface area contributed by atoms with Crippen LogP contribution in [0, 0.1) is 0 Å². The molecule has 0 aliphatic carbocycles. The summed E-state index contributed by atoms with van der Waals surface area (Å²) in [6.07, 6.45) is 0.938. The molecule has 1 nitrogen and oxygen atoms in total. The van der Waals surface area contributed by atoms with Crippen LogP contribution in [0.25, 0.3) is 0 Å². The maximum atomic E-state index is 4.95. The molecule has 3 heteroatoms. The minimum Gasteiger partial charge on any atom is -0.334 e. The van der Waals surface area contributed by atoms with Crippen LogP contribution in [-0.4, -0.2) is 28.6 Å². The van der Waals surface area contributed by atoms with Crippen LogP contribution in [0.2, 0.25) is 0 Å². The predicted molar refractivity (Wildman–Crippen MR) is 24.4 cm³/mol. The summed E-state index contributed by atoms with van der Waals surface area (Å²) >= 11 is 0. The van der Waals surface area contributed by atoms with Gasteiger partial charge in [-0.3, -0.25) is 0 Å². The first-order valence-electron chi connectivity index (χ1n) is 1.52. The van der Waals surface area contributed by atoms with E-state index in [2.05, 4.69) is 5.32 Å². The predicted octanol–water partition coefficient (Wildman–Crippen LogP) is -1.17. The summed E-state index contributed by atoms with van der Waals surface area (Å²) in [5.41, 5.74) is 0. The van der Waals surface area contributed by atoms with Crippen molar-refractivity contribution in [3.8, 4) is 0 Å². The Balaban J connectivity index is 2.19. The second-order valence-corrected chi connectivity index (χ2v) is 0.658. The fraction of sp³-hybridized carbons (Fsp3) is 1.00. The summed E-state index contributed by atoms with van der Waals surface area (Å²) in [6, 6.07) is 0. The van der Waals surface area contributed by atoms with Gasteiger partial charge >= 0.3 is 0 Å². The lowest BCUT2D eigenvalue weighted by atomic mass is 10.1. The quantitative estimate of drug-likeness (QED) is 0.399. The lowest BCUT2D eigenvalue weighted by Gasteiger charge is -1.86. The highest BCUT2D eigenvalue weighted by molar-refractivity contribution is 6.11. The normalized spacial score (nSPS) is 8.00. The van der Waals surface area contributed by atoms with Gasteiger partial charge in [-0.25, -0.2) is 0 Å². The van der Waals surface area contributed by atoms with Crippen molar-refractivity contribution >= 4 is 15.7 Å². The molecule has 24 valence electrons. The number of nitrogens with one attached hydrogen (secondary N) is 1. The number of hydrogen-bond donors (Lipinski definition) is 1. The SMILES string of the molecule is [B]CNC[B]. The first-order chi connectivity index (χ1) is 2.41. The fourth-order valence-corrected chi connectivity index (χ4v) is 0.0833. The van der Waals surface area contributed by atoms with Crippen LogP contribution in [0.3, 0.4) is 0 Å². The lowest BCUT2D eigenvalue weighted by Crippen LogP contribution is -2.15. The van der Waals surface area contributed by atoms with Crippen molar-refractivity contribution in [2.24, 2.45) is 0 Å². The van der Waals surface area contributed by atoms with Crippen molar-refractivity contribution in [3.63, 3.8) is 0 Å². The van der Waals surface area contributed by atoms with E-state index in [0.29, 0.717) is 12.9 Å². The van der Waals surface area contributed by atoms with Gasteiger partial charge in [0.05, 0.1) is 15.7 Å². The summed E-state index contributed by atoms with van der Waals surface area (Å²) in [4.78, 5) is 0. The minimum atomic E-state index is 0.469. The zero-order valence-electron chi connectivity index (χ0n) is 3.07. The maximum Gasteiger partial charge on any atom is 0.0859 e. The van der Waals surface area contributed by atoms with Gasteiger partial charge in [0, 0.05) is 0 Å². The Kier molecular flexibility index (Phi) is 4.16. The third-order valence-electron chi connectivity index (χ3n) is 0.289. The summed E-state index contributed by atoms with van der Waals surface area (Å²) in [5, 5.41) is 2.67. The molecule has 0 saturated carbocycles. The van der Waals surface area contributed by atoms with E-state index in [1.165, 1.54) is 0 Å². The number of rotatable bonds is 2. The Morgan fingerprint density at radius 1 is 1.20 bits per heavy atom. The van der Waals surface area contributed by atoms with E-state index in [0.717, 1.165) is 0 Å². The second kappa shape index (κ2) is 4.09. The Morgan fingerprint density at radius 2 is 1.60 bits per heavy atom. The van der Waals surface area contributed by atoms with E-state index < -0.39 is 0 Å². The van der Waals surface area contributed by atoms with Gasteiger partial charge in [0.15, 0.2) is 0 Å². The summed E-state index contributed by atoms with van der Waals surface area (Å²) in [6.45, 7) is 0. The number of hydrogen-bond acceptors (Lipinski definition) is 1. The molecule has 0 aliphatic rings. The zero-order chi connectivity index (χ0) is 4.12. The van der Waals surface area contributed by atoms with E-state index in [-0.39, 0.29) is 0 Å². The third-order valence-corrected chi connectivity index (χ3v) is 0.289. The molecule has 0 saturated heterocycles. The molecule has 0 atom stereocenters. The van der Waals surface area contributed by atoms with Crippen molar-refractivity contribution in [2.75, 3.05) is 12.9 Å². The molecular formula is C2H5B2N. The van der Waals surface area contributed by atoms with E-state index in [4.69, 9.17) is 15.7 Å². The lowest BCUT2D eigenvalue weighted by molar-refractivity contribution is 0.933. The maximum absolute atomic E-state index is 4.95. The van der Waals surface area contributed by atoms with Gasteiger partial charge in [-0.05, 0) is 12.9 Å². The van der Waals surface area contributed by atoms with Gasteiger partial charge in [0.2, 0.25) is 0 Å². The topological polar surface area (TPSA) is 12.0 Å². The van der Waals surface area contributed by atoms with E-state index in [1.807, 2.05) is 0 Å². The van der Waals surface area contributed by atoms with Crippen LogP contribution in [0.15, 0.2) is 0 Å². The van der Waals surface area contributed by atoms with Gasteiger partial charge in [-0.2, -0.15) is 0 Å². The van der Waals surface area contributed by atoms with Gasteiger partial charge in [-0.1, -0.05) is 0 Å². The third kappa shape index (κ3) is 4.09. The second-order valence-electron chi connectivity index (χ2n) is 0.658. The summed E-state index contributed by atoms with van der Waals surface area (Å²) in [7, 11) is 9.90. The monoisotopic (exact) mass is 65.1 g/mol. The Bertz CT molecular complexity index is 15.1. The molecule has 0 aromatic heterocycles. The van der Waals surface area contributed by atoms with Crippen LogP contribution in [0.1, 0.15) is 0 Å². The smallest absolute Gasteiger partial charge is 0.0859 e. The Hall–Kier alpha value is 0.0899. The Labute approximate surface area is 35.0 Å². The van der Waals surface area contributed by atoms with Gasteiger partial charge < -0.3 is 5.32 Å². The average Bonchev–Trinajstić information content (AvgIpc) is 1.41. The molecule has 1 N–H and O–H groups in total. The molecule has 0 fully saturated rings. The molecule has 0 aromatic rings. The molecule has 0 rings (SSSR count). The van der Waals surface area contributed by atoms with Crippen LogP contribution in [0.4, 0.5) is 0 Å². The standard InChI is InChI=1S/C2H5B2N/c3-1-5-2-4/h5H,1-2H2. The van der Waals surface area contributed by atoms with Crippen molar-refractivity contribution in [3.05, 3.63) is 0 Å². The van der Waals surface area contributed by atoms with E-state index in [9.17, 15) is 0 Å². The fourth-order valence-electron chi connectivity index (χ4n) is 0.0833. The van der Waals surface area contributed by atoms with Crippen LogP contribution in [-0.2, 0) is 0 Å². The van der Waals surface area contributed by atoms with Crippen molar-refractivity contribution < 1.29 is 0 Å². The molecule has 4 radical (unpaired) electrons. The summed E-state index contributed by atoms with van der Waals surface area (Å²) < 4.78 is 0. The summed E-state index contributed by atoms with van der Waals surface area (Å²) in [5.74, 6) is 0. The van der Waals surface area contributed by atoms with Gasteiger partial charge in [-0.15, -0.1) is 0 Å². The first kappa shape index (κ1) is 5.09.